The maximum absolute atomic E-state index is 12.1. The Morgan fingerprint density at radius 3 is 2.52 bits per heavy atom. The molecule has 0 radical (unpaired) electrons. The van der Waals surface area contributed by atoms with Crippen LogP contribution < -0.4 is 10.6 Å². The molecule has 0 aliphatic rings. The normalized spacial score (nSPS) is 10.3. The molecule has 0 fully saturated rings. The van der Waals surface area contributed by atoms with Crippen LogP contribution in [0.15, 0.2) is 65.7 Å². The second kappa shape index (κ2) is 7.71. The number of aromatic nitrogens is 3. The molecule has 2 N–H and O–H groups in total. The molecule has 0 unspecified atom stereocenters. The maximum atomic E-state index is 12.1. The number of hydrogen-bond acceptors (Lipinski definition) is 4. The van der Waals surface area contributed by atoms with E-state index in [0.717, 1.165) is 5.69 Å². The van der Waals surface area contributed by atoms with E-state index in [1.165, 1.54) is 6.33 Å². The van der Waals surface area contributed by atoms with Crippen molar-refractivity contribution in [3.8, 4) is 5.69 Å². The highest BCUT2D eigenvalue weighted by Crippen LogP contribution is 2.15. The lowest BCUT2D eigenvalue weighted by atomic mass is 10.2. The van der Waals surface area contributed by atoms with Gasteiger partial charge in [0.25, 0.3) is 5.91 Å². The van der Waals surface area contributed by atoms with Crippen LogP contribution in [-0.2, 0) is 4.79 Å². The quantitative estimate of drug-likeness (QED) is 0.689. The molecular weight excluding hydrogens is 386 g/mol. The highest BCUT2D eigenvalue weighted by molar-refractivity contribution is 9.10. The van der Waals surface area contributed by atoms with E-state index in [4.69, 9.17) is 0 Å². The van der Waals surface area contributed by atoms with Crippen molar-refractivity contribution in [3.63, 3.8) is 0 Å². The molecule has 3 aromatic rings. The molecule has 7 nitrogen and oxygen atoms in total. The minimum atomic E-state index is -0.316. The Morgan fingerprint density at radius 2 is 1.84 bits per heavy atom. The summed E-state index contributed by atoms with van der Waals surface area (Å²) in [6.07, 6.45) is 3.04. The highest BCUT2D eigenvalue weighted by atomic mass is 79.9. The minimum absolute atomic E-state index is 0.120. The van der Waals surface area contributed by atoms with Crippen LogP contribution in [0, 0.1) is 0 Å². The van der Waals surface area contributed by atoms with Gasteiger partial charge in [0.1, 0.15) is 12.7 Å². The standard InChI is InChI=1S/C17H14BrN5O2/c18-15-4-2-1-3-14(15)17(25)20-9-16(24)22-12-5-7-13(8-6-12)23-11-19-10-21-23/h1-8,10-11H,9H2,(H,20,25)(H,22,24). The van der Waals surface area contributed by atoms with Gasteiger partial charge in [-0.1, -0.05) is 12.1 Å². The third-order valence-electron chi connectivity index (χ3n) is 3.36. The molecule has 8 heteroatoms. The number of nitrogens with zero attached hydrogens (tertiary/aromatic N) is 3. The Labute approximate surface area is 152 Å². The first-order valence-corrected chi connectivity index (χ1v) is 8.20. The van der Waals surface area contributed by atoms with E-state index in [-0.39, 0.29) is 18.4 Å². The molecule has 0 saturated heterocycles. The molecule has 3 rings (SSSR count). The van der Waals surface area contributed by atoms with E-state index < -0.39 is 0 Å². The van der Waals surface area contributed by atoms with E-state index >= 15 is 0 Å². The first kappa shape index (κ1) is 16.8. The fraction of sp³-hybridized carbons (Fsp3) is 0.0588. The van der Waals surface area contributed by atoms with Gasteiger partial charge < -0.3 is 10.6 Å². The summed E-state index contributed by atoms with van der Waals surface area (Å²) < 4.78 is 2.29. The summed E-state index contributed by atoms with van der Waals surface area (Å²) in [7, 11) is 0. The first-order chi connectivity index (χ1) is 12.1. The molecule has 0 saturated carbocycles. The van der Waals surface area contributed by atoms with Gasteiger partial charge in [0.15, 0.2) is 0 Å². The summed E-state index contributed by atoms with van der Waals surface area (Å²) >= 11 is 3.31. The van der Waals surface area contributed by atoms with E-state index in [2.05, 4.69) is 36.6 Å². The van der Waals surface area contributed by atoms with Gasteiger partial charge in [0.05, 0.1) is 17.8 Å². The van der Waals surface area contributed by atoms with E-state index in [1.54, 1.807) is 41.3 Å². The fourth-order valence-corrected chi connectivity index (χ4v) is 2.61. The molecule has 0 aliphatic carbocycles. The summed E-state index contributed by atoms with van der Waals surface area (Å²) in [5, 5.41) is 9.34. The van der Waals surface area contributed by atoms with Gasteiger partial charge in [-0.05, 0) is 52.3 Å². The van der Waals surface area contributed by atoms with Crippen molar-refractivity contribution >= 4 is 33.4 Å². The number of hydrogen-bond donors (Lipinski definition) is 2. The number of anilines is 1. The van der Waals surface area contributed by atoms with Crippen LogP contribution in [0.25, 0.3) is 5.69 Å². The molecule has 0 aliphatic heterocycles. The predicted molar refractivity (Wildman–Crippen MR) is 96.5 cm³/mol. The topological polar surface area (TPSA) is 88.9 Å². The van der Waals surface area contributed by atoms with E-state index in [0.29, 0.717) is 15.7 Å². The van der Waals surface area contributed by atoms with Crippen LogP contribution in [-0.4, -0.2) is 33.1 Å². The van der Waals surface area contributed by atoms with Crippen molar-refractivity contribution in [1.82, 2.24) is 20.1 Å². The Bertz CT molecular complexity index is 878. The summed E-state index contributed by atoms with van der Waals surface area (Å²) in [5.74, 6) is -0.627. The van der Waals surface area contributed by atoms with Crippen LogP contribution in [0.3, 0.4) is 0 Å². The Hall–Kier alpha value is -3.00. The van der Waals surface area contributed by atoms with Gasteiger partial charge in [0.2, 0.25) is 5.91 Å². The SMILES string of the molecule is O=C(CNC(=O)c1ccccc1Br)Nc1ccc(-n2cncn2)cc1. The molecule has 1 aromatic heterocycles. The van der Waals surface area contributed by atoms with Gasteiger partial charge in [-0.15, -0.1) is 0 Å². The fourth-order valence-electron chi connectivity index (χ4n) is 2.15. The molecule has 25 heavy (non-hydrogen) atoms. The molecule has 126 valence electrons. The van der Waals surface area contributed by atoms with Crippen molar-refractivity contribution < 1.29 is 9.59 Å². The average Bonchev–Trinajstić information content (AvgIpc) is 3.15. The number of nitrogens with one attached hydrogen (secondary N) is 2. The molecular formula is C17H14BrN5O2. The predicted octanol–water partition coefficient (Wildman–Crippen LogP) is 2.40. The van der Waals surface area contributed by atoms with Crippen molar-refractivity contribution in [2.45, 2.75) is 0 Å². The minimum Gasteiger partial charge on any atom is -0.343 e. The Morgan fingerprint density at radius 1 is 1.08 bits per heavy atom. The van der Waals surface area contributed by atoms with Crippen LogP contribution in [0.1, 0.15) is 10.4 Å². The number of halogens is 1. The van der Waals surface area contributed by atoms with Crippen molar-refractivity contribution in [1.29, 1.82) is 0 Å². The number of benzene rings is 2. The van der Waals surface area contributed by atoms with Crippen LogP contribution >= 0.6 is 15.9 Å². The zero-order valence-electron chi connectivity index (χ0n) is 13.0. The zero-order valence-corrected chi connectivity index (χ0v) is 14.6. The van der Waals surface area contributed by atoms with Crippen LogP contribution in [0.5, 0.6) is 0 Å². The molecule has 0 spiro atoms. The van der Waals surface area contributed by atoms with Crippen LogP contribution in [0.4, 0.5) is 5.69 Å². The third kappa shape index (κ3) is 4.30. The van der Waals surface area contributed by atoms with Crippen molar-refractivity contribution in [2.24, 2.45) is 0 Å². The lowest BCUT2D eigenvalue weighted by molar-refractivity contribution is -0.115. The van der Waals surface area contributed by atoms with Crippen molar-refractivity contribution in [2.75, 3.05) is 11.9 Å². The third-order valence-corrected chi connectivity index (χ3v) is 4.05. The lowest BCUT2D eigenvalue weighted by Gasteiger charge is -2.08. The molecule has 0 atom stereocenters. The summed E-state index contributed by atoms with van der Waals surface area (Å²) in [5.41, 5.74) is 1.94. The smallest absolute Gasteiger partial charge is 0.252 e. The summed E-state index contributed by atoms with van der Waals surface area (Å²) in [4.78, 5) is 27.9. The molecule has 1 heterocycles. The van der Waals surface area contributed by atoms with Gasteiger partial charge in [0, 0.05) is 10.2 Å². The monoisotopic (exact) mass is 399 g/mol. The average molecular weight is 400 g/mol. The second-order valence-electron chi connectivity index (χ2n) is 5.10. The highest BCUT2D eigenvalue weighted by Gasteiger charge is 2.11. The van der Waals surface area contributed by atoms with Gasteiger partial charge in [-0.3, -0.25) is 9.59 Å². The lowest BCUT2D eigenvalue weighted by Crippen LogP contribution is -2.33. The molecule has 2 amide bonds. The zero-order chi connectivity index (χ0) is 17.6. The first-order valence-electron chi connectivity index (χ1n) is 7.41. The van der Waals surface area contributed by atoms with Crippen molar-refractivity contribution in [3.05, 3.63) is 71.2 Å². The number of carbonyl (C=O) groups is 2. The van der Waals surface area contributed by atoms with Gasteiger partial charge in [-0.2, -0.15) is 5.10 Å². The van der Waals surface area contributed by atoms with E-state index in [9.17, 15) is 9.59 Å². The summed E-state index contributed by atoms with van der Waals surface area (Å²) in [6.45, 7) is -0.120. The van der Waals surface area contributed by atoms with Crippen LogP contribution in [0.2, 0.25) is 0 Å². The number of amides is 2. The Balaban J connectivity index is 1.54. The van der Waals surface area contributed by atoms with E-state index in [1.807, 2.05) is 18.2 Å². The maximum Gasteiger partial charge on any atom is 0.252 e. The number of rotatable bonds is 5. The molecule has 2 aromatic carbocycles. The largest absolute Gasteiger partial charge is 0.343 e. The second-order valence-corrected chi connectivity index (χ2v) is 5.95. The Kier molecular flexibility index (Phi) is 5.20. The summed E-state index contributed by atoms with van der Waals surface area (Å²) in [6, 6.07) is 14.2. The van der Waals surface area contributed by atoms with Gasteiger partial charge >= 0.3 is 0 Å². The number of carbonyl (C=O) groups excluding carboxylic acids is 2. The van der Waals surface area contributed by atoms with Gasteiger partial charge in [-0.25, -0.2) is 9.67 Å². The molecule has 0 bridgehead atoms.